The van der Waals surface area contributed by atoms with E-state index in [9.17, 15) is 0 Å². The SMILES string of the molecule is COC(Cc1ccccc1)OC/C=C(\C)CCC=C(C)C. The molecule has 1 aromatic rings. The third-order valence-corrected chi connectivity index (χ3v) is 3.31. The molecule has 0 saturated carbocycles. The highest BCUT2D eigenvalue weighted by Crippen LogP contribution is 2.09. The molecule has 1 unspecified atom stereocenters. The van der Waals surface area contributed by atoms with Crippen LogP contribution in [0.2, 0.25) is 0 Å². The average molecular weight is 288 g/mol. The number of hydrogen-bond acceptors (Lipinski definition) is 2. The summed E-state index contributed by atoms with van der Waals surface area (Å²) < 4.78 is 11.2. The van der Waals surface area contributed by atoms with E-state index in [4.69, 9.17) is 9.47 Å². The Labute approximate surface area is 129 Å². The molecule has 1 rings (SSSR count). The van der Waals surface area contributed by atoms with Crippen molar-refractivity contribution < 1.29 is 9.47 Å². The van der Waals surface area contributed by atoms with E-state index in [0.717, 1.165) is 19.3 Å². The van der Waals surface area contributed by atoms with Gasteiger partial charge in [0.2, 0.25) is 0 Å². The maximum atomic E-state index is 5.78. The van der Waals surface area contributed by atoms with Gasteiger partial charge in [0.1, 0.15) is 0 Å². The molecule has 0 N–H and O–H groups in total. The second kappa shape index (κ2) is 10.4. The van der Waals surface area contributed by atoms with Crippen molar-refractivity contribution in [1.82, 2.24) is 0 Å². The molecule has 0 spiro atoms. The number of hydrogen-bond donors (Lipinski definition) is 0. The van der Waals surface area contributed by atoms with Crippen molar-refractivity contribution in [2.75, 3.05) is 13.7 Å². The maximum Gasteiger partial charge on any atom is 0.161 e. The molecule has 1 atom stereocenters. The molecule has 0 aliphatic rings. The monoisotopic (exact) mass is 288 g/mol. The Hall–Kier alpha value is -1.38. The first-order chi connectivity index (χ1) is 10.1. The van der Waals surface area contributed by atoms with Crippen LogP contribution >= 0.6 is 0 Å². The van der Waals surface area contributed by atoms with Gasteiger partial charge in [0.25, 0.3) is 0 Å². The molecule has 0 aliphatic heterocycles. The summed E-state index contributed by atoms with van der Waals surface area (Å²) in [6, 6.07) is 10.3. The van der Waals surface area contributed by atoms with Gasteiger partial charge in [-0.15, -0.1) is 0 Å². The molecule has 2 nitrogen and oxygen atoms in total. The Morgan fingerprint density at radius 1 is 1.10 bits per heavy atom. The predicted octanol–water partition coefficient (Wildman–Crippen LogP) is 4.91. The van der Waals surface area contributed by atoms with Gasteiger partial charge >= 0.3 is 0 Å². The zero-order valence-corrected chi connectivity index (χ0v) is 13.8. The molecule has 0 radical (unpaired) electrons. The summed E-state index contributed by atoms with van der Waals surface area (Å²) in [7, 11) is 1.69. The molecule has 21 heavy (non-hydrogen) atoms. The van der Waals surface area contributed by atoms with Crippen molar-refractivity contribution in [3.05, 3.63) is 59.2 Å². The molecular weight excluding hydrogens is 260 g/mol. The Morgan fingerprint density at radius 3 is 2.43 bits per heavy atom. The first-order valence-electron chi connectivity index (χ1n) is 7.59. The lowest BCUT2D eigenvalue weighted by Crippen LogP contribution is -2.18. The fourth-order valence-corrected chi connectivity index (χ4v) is 2.01. The van der Waals surface area contributed by atoms with Crippen molar-refractivity contribution in [2.24, 2.45) is 0 Å². The Morgan fingerprint density at radius 2 is 1.81 bits per heavy atom. The van der Waals surface area contributed by atoms with E-state index < -0.39 is 0 Å². The summed E-state index contributed by atoms with van der Waals surface area (Å²) in [5.74, 6) is 0. The second-order valence-electron chi connectivity index (χ2n) is 5.56. The third-order valence-electron chi connectivity index (χ3n) is 3.31. The average Bonchev–Trinajstić information content (AvgIpc) is 2.47. The molecule has 0 bridgehead atoms. The third kappa shape index (κ3) is 8.49. The lowest BCUT2D eigenvalue weighted by molar-refractivity contribution is -0.113. The fourth-order valence-electron chi connectivity index (χ4n) is 2.01. The van der Waals surface area contributed by atoms with Gasteiger partial charge in [-0.25, -0.2) is 0 Å². The van der Waals surface area contributed by atoms with Crippen LogP contribution in [0.4, 0.5) is 0 Å². The van der Waals surface area contributed by atoms with Crippen LogP contribution < -0.4 is 0 Å². The number of benzene rings is 1. The second-order valence-corrected chi connectivity index (χ2v) is 5.56. The van der Waals surface area contributed by atoms with E-state index in [1.54, 1.807) is 7.11 Å². The highest BCUT2D eigenvalue weighted by Gasteiger charge is 2.07. The van der Waals surface area contributed by atoms with E-state index in [2.05, 4.69) is 45.1 Å². The molecule has 0 aliphatic carbocycles. The van der Waals surface area contributed by atoms with Crippen LogP contribution in [0.5, 0.6) is 0 Å². The van der Waals surface area contributed by atoms with Crippen molar-refractivity contribution in [3.8, 4) is 0 Å². The van der Waals surface area contributed by atoms with Crippen molar-refractivity contribution in [3.63, 3.8) is 0 Å². The van der Waals surface area contributed by atoms with Crippen molar-refractivity contribution in [1.29, 1.82) is 0 Å². The molecular formula is C19H28O2. The zero-order valence-electron chi connectivity index (χ0n) is 13.8. The Kier molecular flexibility index (Phi) is 8.72. The quantitative estimate of drug-likeness (QED) is 0.475. The minimum atomic E-state index is -0.186. The first kappa shape index (κ1) is 17.7. The van der Waals surface area contributed by atoms with E-state index >= 15 is 0 Å². The molecule has 0 aromatic heterocycles. The van der Waals surface area contributed by atoms with Gasteiger partial charge in [0, 0.05) is 13.5 Å². The first-order valence-corrected chi connectivity index (χ1v) is 7.59. The van der Waals surface area contributed by atoms with Gasteiger partial charge < -0.3 is 9.47 Å². The van der Waals surface area contributed by atoms with Crippen LogP contribution in [0.1, 0.15) is 39.2 Å². The van der Waals surface area contributed by atoms with Crippen LogP contribution in [0, 0.1) is 0 Å². The zero-order chi connectivity index (χ0) is 15.5. The summed E-state index contributed by atoms with van der Waals surface area (Å²) in [5.41, 5.74) is 3.97. The fraction of sp³-hybridized carbons (Fsp3) is 0.474. The summed E-state index contributed by atoms with van der Waals surface area (Å²) >= 11 is 0. The molecule has 0 heterocycles. The molecule has 0 saturated heterocycles. The van der Waals surface area contributed by atoms with Crippen molar-refractivity contribution in [2.45, 2.75) is 46.3 Å². The molecule has 116 valence electrons. The van der Waals surface area contributed by atoms with E-state index in [-0.39, 0.29) is 6.29 Å². The van der Waals surface area contributed by atoms with Crippen molar-refractivity contribution >= 4 is 0 Å². The Balaban J connectivity index is 2.32. The van der Waals surface area contributed by atoms with Gasteiger partial charge in [0.05, 0.1) is 6.61 Å². The summed E-state index contributed by atoms with van der Waals surface area (Å²) in [4.78, 5) is 0. The minimum Gasteiger partial charge on any atom is -0.356 e. The number of rotatable bonds is 9. The molecule has 0 amide bonds. The normalized spacial score (nSPS) is 13.0. The van der Waals surface area contributed by atoms with E-state index in [1.165, 1.54) is 16.7 Å². The number of allylic oxidation sites excluding steroid dienone is 3. The van der Waals surface area contributed by atoms with Gasteiger partial charge in [-0.05, 0) is 39.2 Å². The van der Waals surface area contributed by atoms with Crippen LogP contribution in [0.25, 0.3) is 0 Å². The number of methoxy groups -OCH3 is 1. The van der Waals surface area contributed by atoms with E-state index in [0.29, 0.717) is 6.61 Å². The smallest absolute Gasteiger partial charge is 0.161 e. The molecule has 2 heteroatoms. The summed E-state index contributed by atoms with van der Waals surface area (Å²) in [6.45, 7) is 7.02. The largest absolute Gasteiger partial charge is 0.356 e. The lowest BCUT2D eigenvalue weighted by atomic mass is 10.1. The van der Waals surface area contributed by atoms with Crippen LogP contribution in [-0.4, -0.2) is 20.0 Å². The van der Waals surface area contributed by atoms with E-state index in [1.807, 2.05) is 18.2 Å². The standard InChI is InChI=1S/C19H28O2/c1-16(2)9-8-10-17(3)13-14-21-19(20-4)15-18-11-6-5-7-12-18/h5-7,9,11-13,19H,8,10,14-15H2,1-4H3/b17-13+. The Bertz CT molecular complexity index is 442. The molecule has 0 fully saturated rings. The highest BCUT2D eigenvalue weighted by molar-refractivity contribution is 5.15. The topological polar surface area (TPSA) is 18.5 Å². The van der Waals surface area contributed by atoms with Gasteiger partial charge in [-0.1, -0.05) is 53.6 Å². The van der Waals surface area contributed by atoms with Crippen LogP contribution in [-0.2, 0) is 15.9 Å². The van der Waals surface area contributed by atoms with Gasteiger partial charge in [-0.3, -0.25) is 0 Å². The summed E-state index contributed by atoms with van der Waals surface area (Å²) in [6.07, 6.45) is 7.20. The van der Waals surface area contributed by atoms with Crippen LogP contribution in [0.3, 0.4) is 0 Å². The summed E-state index contributed by atoms with van der Waals surface area (Å²) in [5, 5.41) is 0. The maximum absolute atomic E-state index is 5.78. The highest BCUT2D eigenvalue weighted by atomic mass is 16.7. The predicted molar refractivity (Wildman–Crippen MR) is 89.3 cm³/mol. The van der Waals surface area contributed by atoms with Gasteiger partial charge in [0.15, 0.2) is 6.29 Å². The molecule has 1 aromatic carbocycles. The lowest BCUT2D eigenvalue weighted by Gasteiger charge is -2.15. The van der Waals surface area contributed by atoms with Gasteiger partial charge in [-0.2, -0.15) is 0 Å². The number of ether oxygens (including phenoxy) is 2. The minimum absolute atomic E-state index is 0.186. The van der Waals surface area contributed by atoms with Crippen LogP contribution in [0.15, 0.2) is 53.6 Å².